The zero-order chi connectivity index (χ0) is 28.6. The normalized spacial score (nSPS) is 11.0. The van der Waals surface area contributed by atoms with Gasteiger partial charge in [-0.3, -0.25) is 0 Å². The maximum Gasteiger partial charge on any atom is 0.222 e. The molecular weight excluding hydrogens is 511 g/mol. The molecule has 3 heterocycles. The molecule has 0 radical (unpaired) electrons. The summed E-state index contributed by atoms with van der Waals surface area (Å²) in [6.07, 6.45) is 1.68. The third-order valence-corrected chi connectivity index (χ3v) is 6.08. The summed E-state index contributed by atoms with van der Waals surface area (Å²) in [6, 6.07) is 15.2. The number of nitrogens with one attached hydrogen (secondary N) is 2. The molecule has 210 valence electrons. The molecule has 3 aromatic heterocycles. The van der Waals surface area contributed by atoms with Crippen LogP contribution in [0, 0.1) is 5.41 Å². The highest BCUT2D eigenvalue weighted by Crippen LogP contribution is 2.38. The van der Waals surface area contributed by atoms with Gasteiger partial charge in [0.25, 0.3) is 0 Å². The molecule has 40 heavy (non-hydrogen) atoms. The first-order chi connectivity index (χ1) is 19.3. The summed E-state index contributed by atoms with van der Waals surface area (Å²) in [5, 5.41) is 16.2. The van der Waals surface area contributed by atoms with Crippen LogP contribution in [0.1, 0.15) is 50.4 Å². The first-order valence-corrected chi connectivity index (χ1v) is 13.2. The molecule has 0 fully saturated rings. The van der Waals surface area contributed by atoms with Crippen molar-refractivity contribution in [2.75, 3.05) is 23.9 Å². The summed E-state index contributed by atoms with van der Waals surface area (Å²) in [5.41, 5.74) is 5.27. The van der Waals surface area contributed by atoms with E-state index in [-0.39, 0.29) is 11.8 Å². The summed E-state index contributed by atoms with van der Waals surface area (Å²) >= 11 is 0. The first kappa shape index (κ1) is 28.5. The van der Waals surface area contributed by atoms with Crippen molar-refractivity contribution in [3.63, 3.8) is 0 Å². The second-order valence-electron chi connectivity index (χ2n) is 9.59. The van der Waals surface area contributed by atoms with Crippen LogP contribution < -0.4 is 19.7 Å². The number of ether oxygens (including phenoxy) is 2. The first-order valence-electron chi connectivity index (χ1n) is 13.2. The van der Waals surface area contributed by atoms with Crippen LogP contribution in [-0.4, -0.2) is 40.6 Å². The van der Waals surface area contributed by atoms with Gasteiger partial charge in [0.1, 0.15) is 23.8 Å². The summed E-state index contributed by atoms with van der Waals surface area (Å²) in [7, 11) is 1.63. The molecule has 1 aromatic carbocycles. The molecular formula is C30H35FN6O3. The largest absolute Gasteiger partial charge is 0.497 e. The van der Waals surface area contributed by atoms with Crippen LogP contribution in [0.4, 0.5) is 15.8 Å². The minimum absolute atomic E-state index is 0.0647. The topological polar surface area (TPSA) is 109 Å². The Morgan fingerprint density at radius 1 is 1.15 bits per heavy atom. The average molecular weight is 547 g/mol. The number of aromatic nitrogens is 3. The smallest absolute Gasteiger partial charge is 0.222 e. The van der Waals surface area contributed by atoms with Gasteiger partial charge in [-0.15, -0.1) is 0 Å². The third kappa shape index (κ3) is 6.74. The number of pyridine rings is 2. The number of anilines is 2. The van der Waals surface area contributed by atoms with Crippen molar-refractivity contribution in [3.05, 3.63) is 77.4 Å². The highest BCUT2D eigenvalue weighted by molar-refractivity contribution is 6.03. The van der Waals surface area contributed by atoms with Gasteiger partial charge in [-0.05, 0) is 63.6 Å². The molecule has 0 aliphatic rings. The molecule has 0 unspecified atom stereocenters. The van der Waals surface area contributed by atoms with Crippen LogP contribution in [-0.2, 0) is 19.8 Å². The standard InChI is InChI=1S/C30H35FN6O3/c1-6-39-30-25(8-7-13-33-30)26-15-27(29(34-19(2)3)28(35-26)20(4)32)37(18-22-14-24(16-31)40-36-22)17-21-9-11-23(38-5)12-10-21/h7-15,19,32,34H,6,16-18H2,1-5H3. The molecule has 9 nitrogen and oxygen atoms in total. The van der Waals surface area contributed by atoms with Gasteiger partial charge in [0, 0.05) is 24.8 Å². The Balaban J connectivity index is 1.92. The number of halogens is 1. The van der Waals surface area contributed by atoms with Gasteiger partial charge in [-0.2, -0.15) is 0 Å². The number of hydrogen-bond donors (Lipinski definition) is 2. The van der Waals surface area contributed by atoms with Gasteiger partial charge in [0.15, 0.2) is 5.76 Å². The van der Waals surface area contributed by atoms with E-state index in [0.717, 1.165) is 28.3 Å². The highest BCUT2D eigenvalue weighted by Gasteiger charge is 2.23. The molecule has 0 atom stereocenters. The van der Waals surface area contributed by atoms with Crippen molar-refractivity contribution in [1.29, 1.82) is 5.41 Å². The van der Waals surface area contributed by atoms with Crippen LogP contribution in [0.3, 0.4) is 0 Å². The van der Waals surface area contributed by atoms with E-state index in [2.05, 4.69) is 20.4 Å². The predicted octanol–water partition coefficient (Wildman–Crippen LogP) is 6.42. The molecule has 4 aromatic rings. The molecule has 10 heteroatoms. The molecule has 0 saturated heterocycles. The quantitative estimate of drug-likeness (QED) is 0.185. The van der Waals surface area contributed by atoms with E-state index in [1.165, 1.54) is 0 Å². The zero-order valence-electron chi connectivity index (χ0n) is 23.5. The lowest BCUT2D eigenvalue weighted by molar-refractivity contribution is 0.327. The number of alkyl halides is 1. The molecule has 4 rings (SSSR count). The van der Waals surface area contributed by atoms with E-state index >= 15 is 0 Å². The third-order valence-electron chi connectivity index (χ3n) is 6.08. The fraction of sp³-hybridized carbons (Fsp3) is 0.333. The minimum Gasteiger partial charge on any atom is -0.497 e. The number of methoxy groups -OCH3 is 1. The van der Waals surface area contributed by atoms with Crippen molar-refractivity contribution in [2.24, 2.45) is 0 Å². The maximum atomic E-state index is 13.3. The van der Waals surface area contributed by atoms with Gasteiger partial charge in [-0.25, -0.2) is 14.4 Å². The maximum absolute atomic E-state index is 13.3. The summed E-state index contributed by atoms with van der Waals surface area (Å²) < 4.78 is 29.6. The molecule has 2 N–H and O–H groups in total. The Morgan fingerprint density at radius 2 is 1.93 bits per heavy atom. The van der Waals surface area contributed by atoms with E-state index in [0.29, 0.717) is 48.4 Å². The molecule has 0 aliphatic carbocycles. The Kier molecular flexibility index (Phi) is 9.31. The van der Waals surface area contributed by atoms with Crippen LogP contribution in [0.2, 0.25) is 0 Å². The van der Waals surface area contributed by atoms with Gasteiger partial charge in [0.2, 0.25) is 5.88 Å². The predicted molar refractivity (Wildman–Crippen MR) is 154 cm³/mol. The summed E-state index contributed by atoms with van der Waals surface area (Å²) in [4.78, 5) is 11.4. The van der Waals surface area contributed by atoms with Gasteiger partial charge in [-0.1, -0.05) is 17.3 Å². The molecule has 0 saturated carbocycles. The van der Waals surface area contributed by atoms with E-state index in [1.54, 1.807) is 26.3 Å². The van der Waals surface area contributed by atoms with Crippen molar-refractivity contribution < 1.29 is 18.4 Å². The van der Waals surface area contributed by atoms with E-state index in [4.69, 9.17) is 24.4 Å². The SMILES string of the molecule is CCOc1ncccc1-c1cc(N(Cc2ccc(OC)cc2)Cc2cc(CF)on2)c(NC(C)C)c(C(C)=N)n1. The summed E-state index contributed by atoms with van der Waals surface area (Å²) in [5.74, 6) is 1.39. The van der Waals surface area contributed by atoms with Crippen molar-refractivity contribution in [1.82, 2.24) is 15.1 Å². The van der Waals surface area contributed by atoms with E-state index < -0.39 is 6.67 Å². The molecule has 0 aliphatic heterocycles. The van der Waals surface area contributed by atoms with Crippen LogP contribution in [0.25, 0.3) is 11.3 Å². The van der Waals surface area contributed by atoms with Gasteiger partial charge >= 0.3 is 0 Å². The molecule has 0 spiro atoms. The molecule has 0 bridgehead atoms. The van der Waals surface area contributed by atoms with Crippen molar-refractivity contribution >= 4 is 17.1 Å². The van der Waals surface area contributed by atoms with Crippen LogP contribution in [0.5, 0.6) is 11.6 Å². The number of hydrogen-bond acceptors (Lipinski definition) is 9. The Labute approximate surface area is 233 Å². The minimum atomic E-state index is -0.733. The average Bonchev–Trinajstić information content (AvgIpc) is 3.41. The van der Waals surface area contributed by atoms with Crippen LogP contribution in [0.15, 0.2) is 59.3 Å². The summed E-state index contributed by atoms with van der Waals surface area (Å²) in [6.45, 7) is 8.22. The lowest BCUT2D eigenvalue weighted by Gasteiger charge is -2.29. The van der Waals surface area contributed by atoms with Gasteiger partial charge in [0.05, 0.1) is 48.6 Å². The second kappa shape index (κ2) is 13.1. The number of nitrogens with zero attached hydrogens (tertiary/aromatic N) is 4. The second-order valence-corrected chi connectivity index (χ2v) is 9.59. The Morgan fingerprint density at radius 3 is 2.55 bits per heavy atom. The van der Waals surface area contributed by atoms with Crippen LogP contribution >= 0.6 is 0 Å². The lowest BCUT2D eigenvalue weighted by Crippen LogP contribution is -2.26. The number of rotatable bonds is 13. The van der Waals surface area contributed by atoms with E-state index in [1.807, 2.05) is 63.2 Å². The highest BCUT2D eigenvalue weighted by atomic mass is 19.1. The Hall–Kier alpha value is -4.47. The fourth-order valence-electron chi connectivity index (χ4n) is 4.33. The fourth-order valence-corrected chi connectivity index (χ4v) is 4.33. The number of benzene rings is 1. The monoisotopic (exact) mass is 546 g/mol. The van der Waals surface area contributed by atoms with E-state index in [9.17, 15) is 4.39 Å². The molecule has 0 amide bonds. The van der Waals surface area contributed by atoms with Crippen molar-refractivity contribution in [2.45, 2.75) is 53.5 Å². The Bertz CT molecular complexity index is 1440. The zero-order valence-corrected chi connectivity index (χ0v) is 23.5. The van der Waals surface area contributed by atoms with Gasteiger partial charge < -0.3 is 29.6 Å². The lowest BCUT2D eigenvalue weighted by atomic mass is 10.1. The van der Waals surface area contributed by atoms with Crippen molar-refractivity contribution in [3.8, 4) is 22.9 Å².